The highest BCUT2D eigenvalue weighted by Gasteiger charge is 1.99. The predicted molar refractivity (Wildman–Crippen MR) is 275 cm³/mol. The van der Waals surface area contributed by atoms with Gasteiger partial charge in [-0.25, -0.2) is 0 Å². The molecular weight excluding hydrogens is 917 g/mol. The first kappa shape index (κ1) is 81.9. The fraction of sp³-hybridized carbons (Fsp3) is 0.882. The van der Waals surface area contributed by atoms with Gasteiger partial charge in [0, 0.05) is 12.8 Å². The Labute approximate surface area is 421 Å². The number of hydrogen-bond acceptors (Lipinski definition) is 17. The van der Waals surface area contributed by atoms with E-state index >= 15 is 0 Å². The number of aliphatic hydroxyl groups is 15. The van der Waals surface area contributed by atoms with Crippen molar-refractivity contribution in [1.29, 1.82) is 0 Å². The standard InChI is InChI=1S/2C18H34O2.5C3H8O3/c2*1-2-3-4-5-6-7-8-9-10-11-12-13-14-15-16-17-18(19)20;5*4-1-3(6)2-5/h2*9-10H,2-8,11-17H2,1H3,(H,19,20);5*3-6H,1-2H2/b2*10-9-;;;;;. The molecule has 0 atom stereocenters. The molecule has 0 saturated heterocycles. The molecule has 17 N–H and O–H groups in total. The molecule has 70 heavy (non-hydrogen) atoms. The third-order valence-corrected chi connectivity index (χ3v) is 9.41. The fourth-order valence-corrected chi connectivity index (χ4v) is 4.98. The maximum absolute atomic E-state index is 10.3. The predicted octanol–water partition coefficient (Wildman–Crippen LogP) is 3.88. The summed E-state index contributed by atoms with van der Waals surface area (Å²) >= 11 is 0. The second kappa shape index (κ2) is 78.3. The molecule has 0 fully saturated rings. The normalized spacial score (nSPS) is 10.7. The first-order chi connectivity index (χ1) is 33.6. The number of aliphatic carboxylic acids is 2. The molecule has 426 valence electrons. The molecule has 19 nitrogen and oxygen atoms in total. The first-order valence-corrected chi connectivity index (χ1v) is 25.8. The van der Waals surface area contributed by atoms with Crippen LogP contribution in [-0.4, -0.2) is 195 Å². The van der Waals surface area contributed by atoms with Gasteiger partial charge in [0.05, 0.1) is 66.1 Å². The summed E-state index contributed by atoms with van der Waals surface area (Å²) in [6.07, 6.45) is 37.7. The number of aliphatic hydroxyl groups excluding tert-OH is 15. The number of carboxylic acids is 2. The number of rotatable bonds is 40. The lowest BCUT2D eigenvalue weighted by atomic mass is 10.1. The Morgan fingerprint density at radius 3 is 0.586 bits per heavy atom. The molecule has 0 radical (unpaired) electrons. The summed E-state index contributed by atoms with van der Waals surface area (Å²) in [5, 5.41) is 137. The molecule has 0 rings (SSSR count). The Balaban J connectivity index is -0.000000145. The van der Waals surface area contributed by atoms with E-state index < -0.39 is 42.5 Å². The molecule has 0 saturated carbocycles. The van der Waals surface area contributed by atoms with Gasteiger partial charge in [0.2, 0.25) is 0 Å². The molecule has 0 aromatic carbocycles. The summed E-state index contributed by atoms with van der Waals surface area (Å²) in [5.74, 6) is -1.33. The van der Waals surface area contributed by atoms with Gasteiger partial charge >= 0.3 is 11.9 Å². The molecule has 0 amide bonds. The minimum atomic E-state index is -0.954. The third kappa shape index (κ3) is 103. The van der Waals surface area contributed by atoms with Crippen molar-refractivity contribution in [3.8, 4) is 0 Å². The van der Waals surface area contributed by atoms with Gasteiger partial charge in [-0.1, -0.05) is 141 Å². The lowest BCUT2D eigenvalue weighted by molar-refractivity contribution is -0.138. The smallest absolute Gasteiger partial charge is 0.303 e. The van der Waals surface area contributed by atoms with Crippen LogP contribution in [0.3, 0.4) is 0 Å². The van der Waals surface area contributed by atoms with Crippen molar-refractivity contribution in [2.75, 3.05) is 66.1 Å². The van der Waals surface area contributed by atoms with Crippen molar-refractivity contribution in [1.82, 2.24) is 0 Å². The second-order valence-electron chi connectivity index (χ2n) is 16.6. The zero-order chi connectivity index (χ0) is 54.7. The summed E-state index contributed by atoms with van der Waals surface area (Å²) in [6.45, 7) is 0.872. The number of hydrogen-bond donors (Lipinski definition) is 17. The van der Waals surface area contributed by atoms with Crippen LogP contribution < -0.4 is 0 Å². The molecule has 0 aliphatic heterocycles. The topological polar surface area (TPSA) is 378 Å². The average molecular weight is 1030 g/mol. The summed E-state index contributed by atoms with van der Waals surface area (Å²) < 4.78 is 0. The maximum Gasteiger partial charge on any atom is 0.303 e. The van der Waals surface area contributed by atoms with Crippen LogP contribution in [0.15, 0.2) is 24.3 Å². The van der Waals surface area contributed by atoms with E-state index in [1.54, 1.807) is 0 Å². The summed E-state index contributed by atoms with van der Waals surface area (Å²) in [7, 11) is 0. The van der Waals surface area contributed by atoms with Gasteiger partial charge in [0.25, 0.3) is 0 Å². The molecular formula is C51H108O19. The molecule has 0 aromatic heterocycles. The highest BCUT2D eigenvalue weighted by Crippen LogP contribution is 2.11. The van der Waals surface area contributed by atoms with Crippen molar-refractivity contribution < 1.29 is 96.4 Å². The largest absolute Gasteiger partial charge is 0.481 e. The van der Waals surface area contributed by atoms with Crippen LogP contribution in [0.4, 0.5) is 0 Å². The monoisotopic (exact) mass is 1020 g/mol. The molecule has 0 unspecified atom stereocenters. The van der Waals surface area contributed by atoms with Crippen molar-refractivity contribution in [3.63, 3.8) is 0 Å². The SMILES string of the molecule is CCCCCCCC/C=C\CCCCCCCC(=O)O.CCCCCCCC/C=C\CCCCCCCC(=O)O.OCC(O)CO.OCC(O)CO.OCC(O)CO.OCC(O)CO.OCC(O)CO. The summed E-state index contributed by atoms with van der Waals surface area (Å²) in [5.41, 5.74) is 0. The van der Waals surface area contributed by atoms with Gasteiger partial charge in [-0.2, -0.15) is 0 Å². The lowest BCUT2D eigenvalue weighted by Crippen LogP contribution is -2.15. The van der Waals surface area contributed by atoms with E-state index in [4.69, 9.17) is 86.8 Å². The Kier molecular flexibility index (Phi) is 91.5. The molecule has 0 aliphatic rings. The van der Waals surface area contributed by atoms with E-state index in [0.29, 0.717) is 12.8 Å². The molecule has 0 heterocycles. The molecule has 0 bridgehead atoms. The second-order valence-corrected chi connectivity index (χ2v) is 16.6. The van der Waals surface area contributed by atoms with Crippen molar-refractivity contribution in [2.24, 2.45) is 0 Å². The van der Waals surface area contributed by atoms with Crippen LogP contribution in [0, 0.1) is 0 Å². The third-order valence-electron chi connectivity index (χ3n) is 9.41. The van der Waals surface area contributed by atoms with Gasteiger partial charge in [-0.3, -0.25) is 9.59 Å². The van der Waals surface area contributed by atoms with E-state index in [1.165, 1.54) is 141 Å². The number of unbranched alkanes of at least 4 members (excludes halogenated alkanes) is 22. The highest BCUT2D eigenvalue weighted by atomic mass is 16.4. The van der Waals surface area contributed by atoms with Crippen LogP contribution in [0.2, 0.25) is 0 Å². The minimum Gasteiger partial charge on any atom is -0.481 e. The zero-order valence-corrected chi connectivity index (χ0v) is 43.5. The molecule has 0 aromatic rings. The van der Waals surface area contributed by atoms with Crippen molar-refractivity contribution in [3.05, 3.63) is 24.3 Å². The highest BCUT2D eigenvalue weighted by molar-refractivity contribution is 5.66. The van der Waals surface area contributed by atoms with Gasteiger partial charge in [-0.05, 0) is 64.2 Å². The number of carboxylic acid groups (broad SMARTS) is 2. The zero-order valence-electron chi connectivity index (χ0n) is 43.5. The van der Waals surface area contributed by atoms with E-state index in [2.05, 4.69) is 38.2 Å². The first-order valence-electron chi connectivity index (χ1n) is 25.8. The number of allylic oxidation sites excluding steroid dienone is 4. The summed E-state index contributed by atoms with van der Waals surface area (Å²) in [4.78, 5) is 20.6. The van der Waals surface area contributed by atoms with Crippen LogP contribution in [-0.2, 0) is 9.59 Å². The van der Waals surface area contributed by atoms with Crippen LogP contribution in [0.5, 0.6) is 0 Å². The van der Waals surface area contributed by atoms with Gasteiger partial charge in [0.15, 0.2) is 0 Å². The Morgan fingerprint density at radius 2 is 0.443 bits per heavy atom. The van der Waals surface area contributed by atoms with E-state index in [1.807, 2.05) is 0 Å². The molecule has 19 heteroatoms. The van der Waals surface area contributed by atoms with Crippen molar-refractivity contribution >= 4 is 11.9 Å². The van der Waals surface area contributed by atoms with Gasteiger partial charge in [0.1, 0.15) is 30.5 Å². The maximum atomic E-state index is 10.3. The number of carbonyl (C=O) groups is 2. The van der Waals surface area contributed by atoms with E-state index in [0.717, 1.165) is 25.7 Å². The van der Waals surface area contributed by atoms with Gasteiger partial charge < -0.3 is 86.8 Å². The van der Waals surface area contributed by atoms with Crippen LogP contribution in [0.25, 0.3) is 0 Å². The molecule has 0 aliphatic carbocycles. The average Bonchev–Trinajstić information content (AvgIpc) is 3.38. The van der Waals surface area contributed by atoms with Gasteiger partial charge in [-0.15, -0.1) is 0 Å². The fourth-order valence-electron chi connectivity index (χ4n) is 4.98. The Morgan fingerprint density at radius 1 is 0.286 bits per heavy atom. The Hall–Kier alpha value is -2.18. The Bertz CT molecular complexity index is 849. The van der Waals surface area contributed by atoms with E-state index in [9.17, 15) is 9.59 Å². The van der Waals surface area contributed by atoms with Crippen LogP contribution >= 0.6 is 0 Å². The van der Waals surface area contributed by atoms with E-state index in [-0.39, 0.29) is 66.1 Å². The summed E-state index contributed by atoms with van der Waals surface area (Å²) in [6, 6.07) is 0. The lowest BCUT2D eigenvalue weighted by Gasteiger charge is -1.99. The molecule has 0 spiro atoms. The van der Waals surface area contributed by atoms with Crippen molar-refractivity contribution in [2.45, 2.75) is 224 Å². The van der Waals surface area contributed by atoms with Crippen LogP contribution in [0.1, 0.15) is 194 Å². The quantitative estimate of drug-likeness (QED) is 0.0306. The minimum absolute atomic E-state index is 0.332.